The van der Waals surface area contributed by atoms with Crippen molar-refractivity contribution in [3.63, 3.8) is 0 Å². The van der Waals surface area contributed by atoms with Crippen molar-refractivity contribution in [1.29, 1.82) is 0 Å². The third-order valence-electron chi connectivity index (χ3n) is 1.93. The molecule has 0 aliphatic rings. The van der Waals surface area contributed by atoms with E-state index in [1.54, 1.807) is 7.11 Å². The van der Waals surface area contributed by atoms with Gasteiger partial charge in [-0.1, -0.05) is 12.1 Å². The summed E-state index contributed by atoms with van der Waals surface area (Å²) in [4.78, 5) is 10.0. The van der Waals surface area contributed by atoms with Crippen LogP contribution in [-0.4, -0.2) is 19.9 Å². The number of hydrogen-bond acceptors (Lipinski definition) is 3. The summed E-state index contributed by atoms with van der Waals surface area (Å²) < 4.78 is 5.05. The highest BCUT2D eigenvalue weighted by atomic mass is 16.5. The van der Waals surface area contributed by atoms with Gasteiger partial charge in [0, 0.05) is 19.5 Å². The first-order valence-electron chi connectivity index (χ1n) is 4.64. The van der Waals surface area contributed by atoms with Gasteiger partial charge in [-0.25, -0.2) is 0 Å². The van der Waals surface area contributed by atoms with Gasteiger partial charge in [0.2, 0.25) is 0 Å². The second-order valence-electron chi connectivity index (χ2n) is 2.98. The van der Waals surface area contributed by atoms with Gasteiger partial charge in [0.15, 0.2) is 0 Å². The molecule has 0 amide bonds. The molecule has 0 saturated heterocycles. The smallest absolute Gasteiger partial charge is 0.121 e. The SMILES string of the molecule is COc1ccc(CNCCC=O)cc1. The van der Waals surface area contributed by atoms with Crippen molar-refractivity contribution in [2.24, 2.45) is 0 Å². The van der Waals surface area contributed by atoms with Crippen molar-refractivity contribution in [2.75, 3.05) is 13.7 Å². The zero-order chi connectivity index (χ0) is 10.2. The lowest BCUT2D eigenvalue weighted by Gasteiger charge is -2.04. The van der Waals surface area contributed by atoms with Gasteiger partial charge in [0.25, 0.3) is 0 Å². The summed E-state index contributed by atoms with van der Waals surface area (Å²) in [7, 11) is 1.65. The highest BCUT2D eigenvalue weighted by molar-refractivity contribution is 5.49. The van der Waals surface area contributed by atoms with Crippen molar-refractivity contribution in [3.05, 3.63) is 29.8 Å². The van der Waals surface area contributed by atoms with Crippen molar-refractivity contribution in [2.45, 2.75) is 13.0 Å². The van der Waals surface area contributed by atoms with Gasteiger partial charge in [0.05, 0.1) is 7.11 Å². The molecule has 14 heavy (non-hydrogen) atoms. The predicted molar refractivity (Wildman–Crippen MR) is 55.4 cm³/mol. The largest absolute Gasteiger partial charge is 0.497 e. The number of nitrogens with one attached hydrogen (secondary N) is 1. The number of hydrogen-bond donors (Lipinski definition) is 1. The lowest BCUT2D eigenvalue weighted by Crippen LogP contribution is -2.14. The predicted octanol–water partition coefficient (Wildman–Crippen LogP) is 1.37. The Balaban J connectivity index is 2.32. The summed E-state index contributed by atoms with van der Waals surface area (Å²) in [5.74, 6) is 0.863. The van der Waals surface area contributed by atoms with E-state index in [2.05, 4.69) is 5.32 Å². The molecule has 76 valence electrons. The molecule has 1 aromatic carbocycles. The van der Waals surface area contributed by atoms with Crippen LogP contribution < -0.4 is 10.1 Å². The lowest BCUT2D eigenvalue weighted by molar-refractivity contribution is -0.107. The highest BCUT2D eigenvalue weighted by Gasteiger charge is 1.93. The average molecular weight is 193 g/mol. The van der Waals surface area contributed by atoms with Gasteiger partial charge in [0.1, 0.15) is 12.0 Å². The van der Waals surface area contributed by atoms with Crippen LogP contribution in [0.1, 0.15) is 12.0 Å². The van der Waals surface area contributed by atoms with Crippen LogP contribution in [0.25, 0.3) is 0 Å². The Bertz CT molecular complexity index is 269. The molecular formula is C11H15NO2. The maximum absolute atomic E-state index is 10.0. The van der Waals surface area contributed by atoms with Gasteiger partial charge in [-0.05, 0) is 17.7 Å². The Kier molecular flexibility index (Phi) is 4.72. The molecule has 0 spiro atoms. The first-order valence-corrected chi connectivity index (χ1v) is 4.64. The number of aldehydes is 1. The van der Waals surface area contributed by atoms with Gasteiger partial charge < -0.3 is 14.8 Å². The van der Waals surface area contributed by atoms with Gasteiger partial charge in [-0.3, -0.25) is 0 Å². The molecule has 0 heterocycles. The van der Waals surface area contributed by atoms with E-state index >= 15 is 0 Å². The summed E-state index contributed by atoms with van der Waals surface area (Å²) in [6.45, 7) is 1.52. The first-order chi connectivity index (χ1) is 6.86. The molecule has 1 aromatic rings. The monoisotopic (exact) mass is 193 g/mol. The molecule has 0 saturated carbocycles. The number of carbonyl (C=O) groups excluding carboxylic acids is 1. The normalized spacial score (nSPS) is 9.79. The van der Waals surface area contributed by atoms with Crippen LogP contribution in [0.5, 0.6) is 5.75 Å². The quantitative estimate of drug-likeness (QED) is 0.548. The zero-order valence-corrected chi connectivity index (χ0v) is 8.32. The number of ether oxygens (including phenoxy) is 1. The molecule has 0 aromatic heterocycles. The maximum Gasteiger partial charge on any atom is 0.121 e. The molecule has 0 bridgehead atoms. The number of methoxy groups -OCH3 is 1. The molecule has 0 atom stereocenters. The molecule has 1 N–H and O–H groups in total. The van der Waals surface area contributed by atoms with Gasteiger partial charge in [-0.15, -0.1) is 0 Å². The Labute approximate surface area is 84.1 Å². The molecule has 3 heteroatoms. The van der Waals surface area contributed by atoms with Crippen LogP contribution in [-0.2, 0) is 11.3 Å². The maximum atomic E-state index is 10.0. The fourth-order valence-corrected chi connectivity index (χ4v) is 1.14. The average Bonchev–Trinajstić information content (AvgIpc) is 2.25. The minimum atomic E-state index is 0.566. The van der Waals surface area contributed by atoms with Crippen LogP contribution in [0, 0.1) is 0 Å². The van der Waals surface area contributed by atoms with Crippen LogP contribution in [0.15, 0.2) is 24.3 Å². The summed E-state index contributed by atoms with van der Waals surface area (Å²) in [5, 5.41) is 3.17. The molecule has 3 nitrogen and oxygen atoms in total. The van der Waals surface area contributed by atoms with E-state index in [0.29, 0.717) is 6.42 Å². The van der Waals surface area contributed by atoms with Crippen molar-refractivity contribution < 1.29 is 9.53 Å². The standard InChI is InChI=1S/C11H15NO2/c1-14-11-5-3-10(4-6-11)9-12-7-2-8-13/h3-6,8,12H,2,7,9H2,1H3. The second kappa shape index (κ2) is 6.16. The third-order valence-corrected chi connectivity index (χ3v) is 1.93. The summed E-state index contributed by atoms with van der Waals surface area (Å²) in [6.07, 6.45) is 1.48. The number of benzene rings is 1. The van der Waals surface area contributed by atoms with Crippen LogP contribution in [0.4, 0.5) is 0 Å². The second-order valence-corrected chi connectivity index (χ2v) is 2.98. The fourth-order valence-electron chi connectivity index (χ4n) is 1.14. The first kappa shape index (κ1) is 10.7. The number of rotatable bonds is 6. The molecule has 1 rings (SSSR count). The van der Waals surface area contributed by atoms with E-state index in [1.807, 2.05) is 24.3 Å². The van der Waals surface area contributed by atoms with Crippen molar-refractivity contribution >= 4 is 6.29 Å². The van der Waals surface area contributed by atoms with Crippen molar-refractivity contribution in [1.82, 2.24) is 5.32 Å². The van der Waals surface area contributed by atoms with E-state index in [1.165, 1.54) is 5.56 Å². The van der Waals surface area contributed by atoms with Gasteiger partial charge in [-0.2, -0.15) is 0 Å². The van der Waals surface area contributed by atoms with Crippen LogP contribution in [0.2, 0.25) is 0 Å². The topological polar surface area (TPSA) is 38.3 Å². The number of carbonyl (C=O) groups is 1. The molecule has 0 fully saturated rings. The Morgan fingerprint density at radius 2 is 2.07 bits per heavy atom. The third kappa shape index (κ3) is 3.58. The molecule has 0 aliphatic carbocycles. The minimum Gasteiger partial charge on any atom is -0.497 e. The summed E-state index contributed by atoms with van der Waals surface area (Å²) in [6, 6.07) is 7.87. The van der Waals surface area contributed by atoms with E-state index in [-0.39, 0.29) is 0 Å². The molecule has 0 radical (unpaired) electrons. The van der Waals surface area contributed by atoms with Gasteiger partial charge >= 0.3 is 0 Å². The highest BCUT2D eigenvalue weighted by Crippen LogP contribution is 2.10. The minimum absolute atomic E-state index is 0.566. The Hall–Kier alpha value is -1.35. The van der Waals surface area contributed by atoms with E-state index in [9.17, 15) is 4.79 Å². The van der Waals surface area contributed by atoms with Crippen LogP contribution >= 0.6 is 0 Å². The Morgan fingerprint density at radius 3 is 2.64 bits per heavy atom. The zero-order valence-electron chi connectivity index (χ0n) is 8.32. The van der Waals surface area contributed by atoms with E-state index in [4.69, 9.17) is 4.74 Å². The summed E-state index contributed by atoms with van der Waals surface area (Å²) in [5.41, 5.74) is 1.19. The van der Waals surface area contributed by atoms with E-state index < -0.39 is 0 Å². The summed E-state index contributed by atoms with van der Waals surface area (Å²) >= 11 is 0. The van der Waals surface area contributed by atoms with Crippen molar-refractivity contribution in [3.8, 4) is 5.75 Å². The Morgan fingerprint density at radius 1 is 1.36 bits per heavy atom. The van der Waals surface area contributed by atoms with Crippen LogP contribution in [0.3, 0.4) is 0 Å². The molecule has 0 aliphatic heterocycles. The molecular weight excluding hydrogens is 178 g/mol. The van der Waals surface area contributed by atoms with E-state index in [0.717, 1.165) is 25.1 Å². The lowest BCUT2D eigenvalue weighted by atomic mass is 10.2. The molecule has 0 unspecified atom stereocenters. The fraction of sp³-hybridized carbons (Fsp3) is 0.364.